The molecule has 0 radical (unpaired) electrons. The number of esters is 2. The van der Waals surface area contributed by atoms with Crippen molar-refractivity contribution >= 4 is 19.8 Å². The third kappa shape index (κ3) is 68.4. The highest BCUT2D eigenvalue weighted by atomic mass is 31.2. The second-order valence-corrected chi connectivity index (χ2v) is 26.4. The summed E-state index contributed by atoms with van der Waals surface area (Å²) in [5, 5.41) is 0. The highest BCUT2D eigenvalue weighted by Gasteiger charge is 2.27. The van der Waals surface area contributed by atoms with Gasteiger partial charge in [-0.15, -0.1) is 0 Å². The number of likely N-dealkylation sites (N-methyl/N-ethyl adjacent to an activating group) is 1. The number of ether oxygens (including phenoxy) is 2. The topological polar surface area (TPSA) is 108 Å². The number of hydrogen-bond acceptors (Lipinski definition) is 7. The first kappa shape index (κ1) is 80.5. The van der Waals surface area contributed by atoms with Crippen molar-refractivity contribution in [3.63, 3.8) is 0 Å². The van der Waals surface area contributed by atoms with Crippen LogP contribution in [0.25, 0.3) is 0 Å². The number of phosphoric ester groups is 1. The van der Waals surface area contributed by atoms with Crippen LogP contribution in [-0.4, -0.2) is 74.9 Å². The molecule has 2 unspecified atom stereocenters. The number of carbonyl (C=O) groups is 2. The molecule has 0 fully saturated rings. The van der Waals surface area contributed by atoms with Crippen molar-refractivity contribution in [2.24, 2.45) is 0 Å². The van der Waals surface area contributed by atoms with Crippen molar-refractivity contribution in [1.82, 2.24) is 0 Å². The summed E-state index contributed by atoms with van der Waals surface area (Å²) in [5.74, 6) is -0.786. The number of nitrogens with zero attached hydrogens (tertiary/aromatic N) is 1. The fraction of sp³-hybridized carbons (Fsp3) is 0.808. The summed E-state index contributed by atoms with van der Waals surface area (Å²) in [6, 6.07) is 0. The number of rotatable bonds is 65. The maximum Gasteiger partial charge on any atom is 0.472 e. The number of hydrogen-bond donors (Lipinski definition) is 1. The van der Waals surface area contributed by atoms with Crippen LogP contribution >= 0.6 is 7.82 Å². The molecule has 0 aliphatic carbocycles. The van der Waals surface area contributed by atoms with Gasteiger partial charge in [-0.1, -0.05) is 324 Å². The molecule has 0 spiro atoms. The van der Waals surface area contributed by atoms with Crippen molar-refractivity contribution < 1.29 is 42.1 Å². The number of carbonyl (C=O) groups excluding carboxylic acids is 2. The van der Waals surface area contributed by atoms with Gasteiger partial charge in [0.25, 0.3) is 0 Å². The van der Waals surface area contributed by atoms with Gasteiger partial charge in [0.2, 0.25) is 0 Å². The number of quaternary nitrogens is 1. The molecule has 0 aromatic carbocycles. The summed E-state index contributed by atoms with van der Waals surface area (Å²) < 4.78 is 34.7. The van der Waals surface area contributed by atoms with Crippen molar-refractivity contribution in [2.75, 3.05) is 47.5 Å². The second-order valence-electron chi connectivity index (χ2n) is 24.9. The quantitative estimate of drug-likeness (QED) is 0.0211. The molecule has 83 heavy (non-hydrogen) atoms. The Hall–Kier alpha value is -2.55. The molecular formula is C73H135NO8P+. The lowest BCUT2D eigenvalue weighted by molar-refractivity contribution is -0.870. The van der Waals surface area contributed by atoms with E-state index in [2.05, 4.69) is 86.8 Å². The molecule has 0 aromatic heterocycles. The maximum atomic E-state index is 12.9. The lowest BCUT2D eigenvalue weighted by Crippen LogP contribution is -2.37. The molecule has 0 bridgehead atoms. The molecule has 0 aliphatic rings. The Labute approximate surface area is 514 Å². The van der Waals surface area contributed by atoms with Gasteiger partial charge in [0, 0.05) is 12.8 Å². The van der Waals surface area contributed by atoms with E-state index in [9.17, 15) is 19.0 Å². The van der Waals surface area contributed by atoms with Gasteiger partial charge in [-0.2, -0.15) is 0 Å². The molecule has 1 N–H and O–H groups in total. The summed E-state index contributed by atoms with van der Waals surface area (Å²) in [4.78, 5) is 35.9. The zero-order chi connectivity index (χ0) is 60.5. The molecule has 0 aliphatic heterocycles. The Kier molecular flexibility index (Phi) is 62.0. The smallest absolute Gasteiger partial charge is 0.462 e. The van der Waals surface area contributed by atoms with Gasteiger partial charge in [-0.05, 0) is 64.2 Å². The van der Waals surface area contributed by atoms with Crippen molar-refractivity contribution in [2.45, 2.75) is 335 Å². The molecule has 0 saturated carbocycles. The fourth-order valence-electron chi connectivity index (χ4n) is 10.1. The van der Waals surface area contributed by atoms with Gasteiger partial charge in [0.05, 0.1) is 27.7 Å². The van der Waals surface area contributed by atoms with E-state index in [0.29, 0.717) is 23.9 Å². The van der Waals surface area contributed by atoms with Crippen molar-refractivity contribution in [3.8, 4) is 0 Å². The van der Waals surface area contributed by atoms with Crippen LogP contribution in [0.5, 0.6) is 0 Å². The second kappa shape index (κ2) is 63.9. The SMILES string of the molecule is CC/C=C\C/C=C\C/C=C\C/C=C\C/C=C\C/C=C\CCCCCCCCCCCCCCC(=O)OC(COC(=O)CCCCCCCCCCCCCCCCCCCCCCCCCCCCCC)COP(=O)(O)OCC[N+](C)(C)C. The van der Waals surface area contributed by atoms with Gasteiger partial charge in [-0.3, -0.25) is 18.6 Å². The minimum absolute atomic E-state index is 0.0310. The van der Waals surface area contributed by atoms with E-state index < -0.39 is 26.5 Å². The maximum absolute atomic E-state index is 12.9. The normalized spacial score (nSPS) is 13.6. The van der Waals surface area contributed by atoms with E-state index in [0.717, 1.165) is 77.0 Å². The van der Waals surface area contributed by atoms with Crippen LogP contribution < -0.4 is 0 Å². The summed E-state index contributed by atoms with van der Waals surface area (Å²) >= 11 is 0. The molecule has 9 nitrogen and oxygen atoms in total. The van der Waals surface area contributed by atoms with E-state index in [4.69, 9.17) is 18.5 Å². The Morgan fingerprint density at radius 3 is 1.02 bits per heavy atom. The zero-order valence-corrected chi connectivity index (χ0v) is 56.1. The molecule has 0 aromatic rings. The highest BCUT2D eigenvalue weighted by molar-refractivity contribution is 7.47. The Morgan fingerprint density at radius 2 is 0.687 bits per heavy atom. The van der Waals surface area contributed by atoms with Gasteiger partial charge in [0.15, 0.2) is 6.10 Å². The fourth-order valence-corrected chi connectivity index (χ4v) is 10.9. The lowest BCUT2D eigenvalue weighted by atomic mass is 10.0. The van der Waals surface area contributed by atoms with Crippen LogP contribution in [0, 0.1) is 0 Å². The summed E-state index contributed by atoms with van der Waals surface area (Å²) in [6.45, 7) is 4.37. The first-order chi connectivity index (χ1) is 40.5. The first-order valence-corrected chi connectivity index (χ1v) is 36.7. The number of allylic oxidation sites excluding steroid dienone is 12. The Bertz CT molecular complexity index is 1630. The molecule has 0 saturated heterocycles. The molecule has 484 valence electrons. The molecule has 0 amide bonds. The van der Waals surface area contributed by atoms with E-state index in [1.807, 2.05) is 21.1 Å². The first-order valence-electron chi connectivity index (χ1n) is 35.2. The monoisotopic (exact) mass is 1180 g/mol. The number of unbranched alkanes of at least 4 members (excludes halogenated alkanes) is 39. The predicted molar refractivity (Wildman–Crippen MR) is 358 cm³/mol. The highest BCUT2D eigenvalue weighted by Crippen LogP contribution is 2.43. The third-order valence-electron chi connectivity index (χ3n) is 15.5. The average molecular weight is 1190 g/mol. The van der Waals surface area contributed by atoms with E-state index >= 15 is 0 Å². The van der Waals surface area contributed by atoms with Crippen LogP contribution in [0.3, 0.4) is 0 Å². The average Bonchev–Trinajstić information content (AvgIpc) is 3.49. The standard InChI is InChI=1S/C73H134NO8P/c1-6-8-10-12-14-16-18-20-22-24-26-28-30-32-34-36-37-38-40-42-44-46-48-50-52-54-56-58-60-62-64-66-73(76)82-71(70-81-83(77,78)80-68-67-74(3,4)5)69-79-72(75)65-63-61-59-57-55-53-51-49-47-45-43-41-39-35-33-31-29-27-25-23-21-19-17-15-13-11-9-7-2/h8,10,14,16,20,22,26,28,32,34,37-38,71H,6-7,9,11-13,15,17-19,21,23-25,27,29-31,33,35-36,39-70H2,1-5H3/p+1/b10-8-,16-14-,22-20-,28-26-,34-32-,38-37-. The van der Waals surface area contributed by atoms with Crippen LogP contribution in [0.4, 0.5) is 0 Å². The minimum atomic E-state index is -4.39. The molecule has 0 rings (SSSR count). The van der Waals surface area contributed by atoms with Gasteiger partial charge in [0.1, 0.15) is 19.8 Å². The zero-order valence-electron chi connectivity index (χ0n) is 55.2. The van der Waals surface area contributed by atoms with Gasteiger partial charge in [-0.25, -0.2) is 4.57 Å². The van der Waals surface area contributed by atoms with Crippen molar-refractivity contribution in [3.05, 3.63) is 72.9 Å². The minimum Gasteiger partial charge on any atom is -0.462 e. The Balaban J connectivity index is 4.04. The number of phosphoric acid groups is 1. The van der Waals surface area contributed by atoms with E-state index in [1.54, 1.807) is 0 Å². The van der Waals surface area contributed by atoms with E-state index in [-0.39, 0.29) is 25.6 Å². The molecule has 2 atom stereocenters. The summed E-state index contributed by atoms with van der Waals surface area (Å²) in [7, 11) is 1.48. The van der Waals surface area contributed by atoms with Gasteiger partial charge < -0.3 is 18.9 Å². The predicted octanol–water partition coefficient (Wildman–Crippen LogP) is 22.8. The van der Waals surface area contributed by atoms with Crippen LogP contribution in [-0.2, 0) is 32.7 Å². The van der Waals surface area contributed by atoms with Crippen LogP contribution in [0.2, 0.25) is 0 Å². The van der Waals surface area contributed by atoms with E-state index in [1.165, 1.54) is 218 Å². The third-order valence-corrected chi connectivity index (χ3v) is 16.5. The molecular weight excluding hydrogens is 1050 g/mol. The Morgan fingerprint density at radius 1 is 0.386 bits per heavy atom. The summed E-state index contributed by atoms with van der Waals surface area (Å²) in [6.07, 6.45) is 85.8. The lowest BCUT2D eigenvalue weighted by Gasteiger charge is -2.24. The largest absolute Gasteiger partial charge is 0.472 e. The molecule has 0 heterocycles. The molecule has 10 heteroatoms. The van der Waals surface area contributed by atoms with Crippen LogP contribution in [0.15, 0.2) is 72.9 Å². The van der Waals surface area contributed by atoms with Crippen molar-refractivity contribution in [1.29, 1.82) is 0 Å². The van der Waals surface area contributed by atoms with Gasteiger partial charge >= 0.3 is 19.8 Å². The van der Waals surface area contributed by atoms with Crippen LogP contribution in [0.1, 0.15) is 328 Å². The summed E-state index contributed by atoms with van der Waals surface area (Å²) in [5.41, 5.74) is 0.